The maximum atomic E-state index is 13.0. The fourth-order valence-electron chi connectivity index (χ4n) is 9.33. The van der Waals surface area contributed by atoms with E-state index in [1.54, 1.807) is 0 Å². The van der Waals surface area contributed by atoms with E-state index in [1.165, 1.54) is 44.9 Å². The second kappa shape index (κ2) is 54.0. The highest BCUT2D eigenvalue weighted by molar-refractivity contribution is 5.72. The molecule has 12 heteroatoms. The van der Waals surface area contributed by atoms with Gasteiger partial charge in [-0.3, -0.25) is 14.4 Å². The quantitative estimate of drug-likeness (QED) is 0.0229. The summed E-state index contributed by atoms with van der Waals surface area (Å²) in [6, 6.07) is 0. The minimum atomic E-state index is -1.30. The van der Waals surface area contributed by atoms with Crippen molar-refractivity contribution in [2.45, 2.75) is 328 Å². The summed E-state index contributed by atoms with van der Waals surface area (Å²) in [6.45, 7) is 13.9. The summed E-state index contributed by atoms with van der Waals surface area (Å²) < 4.78 is 34.3. The maximum absolute atomic E-state index is 13.0. The van der Waals surface area contributed by atoms with Gasteiger partial charge >= 0.3 is 17.9 Å². The lowest BCUT2D eigenvalue weighted by Crippen LogP contribution is -2.30. The van der Waals surface area contributed by atoms with E-state index in [9.17, 15) is 29.7 Å². The minimum absolute atomic E-state index is 0.111. The van der Waals surface area contributed by atoms with Gasteiger partial charge in [0.15, 0.2) is 6.61 Å². The number of ether oxygens (including phenoxy) is 6. The van der Waals surface area contributed by atoms with Crippen molar-refractivity contribution in [1.29, 1.82) is 0 Å². The van der Waals surface area contributed by atoms with Crippen LogP contribution in [0.5, 0.6) is 0 Å². The molecule has 0 amide bonds. The first-order chi connectivity index (χ1) is 36.1. The number of carbonyl (C=O) groups is 3. The van der Waals surface area contributed by atoms with Crippen LogP contribution in [0.3, 0.4) is 0 Å². The van der Waals surface area contributed by atoms with E-state index in [0.29, 0.717) is 51.9 Å². The summed E-state index contributed by atoms with van der Waals surface area (Å²) in [5.74, 6) is -1.40. The predicted molar refractivity (Wildman–Crippen MR) is 302 cm³/mol. The Morgan fingerprint density at radius 1 is 0.365 bits per heavy atom. The van der Waals surface area contributed by atoms with E-state index < -0.39 is 42.5 Å². The summed E-state index contributed by atoms with van der Waals surface area (Å²) in [5.41, 5.74) is 0. The van der Waals surface area contributed by atoms with Crippen molar-refractivity contribution >= 4 is 17.9 Å². The van der Waals surface area contributed by atoms with Crippen molar-refractivity contribution in [3.05, 3.63) is 24.3 Å². The van der Waals surface area contributed by atoms with Crippen molar-refractivity contribution < 1.29 is 58.1 Å². The van der Waals surface area contributed by atoms with Gasteiger partial charge in [-0.2, -0.15) is 0 Å². The third-order valence-electron chi connectivity index (χ3n) is 13.8. The van der Waals surface area contributed by atoms with E-state index >= 15 is 0 Å². The molecule has 0 saturated carbocycles. The molecule has 0 aromatic heterocycles. The Hall–Kier alpha value is -2.35. The Labute approximate surface area is 453 Å². The Morgan fingerprint density at radius 2 is 0.689 bits per heavy atom. The molecule has 0 aliphatic carbocycles. The number of carbonyl (C=O) groups excluding carboxylic acids is 3. The fraction of sp³-hybridized carbons (Fsp3) is 0.887. The Bertz CT molecular complexity index is 1310. The number of rotatable bonds is 56. The average Bonchev–Trinajstić information content (AvgIpc) is 3.38. The lowest BCUT2D eigenvalue weighted by atomic mass is 9.99. The van der Waals surface area contributed by atoms with Gasteiger partial charge in [-0.15, -0.1) is 0 Å². The van der Waals surface area contributed by atoms with Crippen molar-refractivity contribution in [2.24, 2.45) is 0 Å². The van der Waals surface area contributed by atoms with Crippen LogP contribution in [-0.2, 0) is 42.8 Å². The molecular weight excluding hydrogens is 937 g/mol. The Kier molecular flexibility index (Phi) is 52.3. The highest BCUT2D eigenvalue weighted by Gasteiger charge is 2.23. The van der Waals surface area contributed by atoms with Gasteiger partial charge < -0.3 is 43.7 Å². The SMILES string of the molecule is CCCCC/C=C/CC(O)C(CCCCCCCC(=O)OC(COC(=O)CCCCCCCC(OCC)C(O)CCCCCCCC)OC(=O)CCCCCCC/C=C/CC(O)C(CCCCC)OCC)OCC. The third-order valence-corrected chi connectivity index (χ3v) is 13.8. The molecule has 0 rings (SSSR count). The van der Waals surface area contributed by atoms with Gasteiger partial charge in [0, 0.05) is 39.1 Å². The van der Waals surface area contributed by atoms with Gasteiger partial charge in [0.2, 0.25) is 0 Å². The number of hydrogen-bond donors (Lipinski definition) is 3. The molecule has 0 aliphatic rings. The van der Waals surface area contributed by atoms with Gasteiger partial charge in [-0.05, 0) is 104 Å². The highest BCUT2D eigenvalue weighted by atomic mass is 16.7. The topological polar surface area (TPSA) is 167 Å². The number of unbranched alkanes of at least 4 members (excludes halogenated alkanes) is 23. The van der Waals surface area contributed by atoms with Gasteiger partial charge in [-0.25, -0.2) is 0 Å². The molecule has 0 aromatic carbocycles. The lowest BCUT2D eigenvalue weighted by Gasteiger charge is -2.23. The second-order valence-corrected chi connectivity index (χ2v) is 20.7. The van der Waals surface area contributed by atoms with Crippen LogP contribution in [-0.4, -0.2) is 103 Å². The van der Waals surface area contributed by atoms with Crippen LogP contribution in [0.4, 0.5) is 0 Å². The largest absolute Gasteiger partial charge is 0.458 e. The maximum Gasteiger partial charge on any atom is 0.308 e. The van der Waals surface area contributed by atoms with E-state index in [0.717, 1.165) is 148 Å². The number of esters is 3. The van der Waals surface area contributed by atoms with Crippen LogP contribution in [0.25, 0.3) is 0 Å². The molecule has 3 N–H and O–H groups in total. The number of aliphatic hydroxyl groups excluding tert-OH is 3. The van der Waals surface area contributed by atoms with Gasteiger partial charge in [-0.1, -0.05) is 186 Å². The van der Waals surface area contributed by atoms with Crippen LogP contribution in [0.15, 0.2) is 24.3 Å². The minimum Gasteiger partial charge on any atom is -0.458 e. The second-order valence-electron chi connectivity index (χ2n) is 20.7. The summed E-state index contributed by atoms with van der Waals surface area (Å²) in [6.07, 6.45) is 39.7. The fourth-order valence-corrected chi connectivity index (χ4v) is 9.33. The molecule has 0 heterocycles. The zero-order chi connectivity index (χ0) is 54.5. The van der Waals surface area contributed by atoms with E-state index in [2.05, 4.69) is 45.1 Å². The first-order valence-corrected chi connectivity index (χ1v) is 30.8. The number of hydrogen-bond acceptors (Lipinski definition) is 12. The lowest BCUT2D eigenvalue weighted by molar-refractivity contribution is -0.200. The van der Waals surface area contributed by atoms with E-state index in [4.69, 9.17) is 28.4 Å². The number of aliphatic hydroxyl groups is 3. The van der Waals surface area contributed by atoms with Crippen LogP contribution in [0, 0.1) is 0 Å². The van der Waals surface area contributed by atoms with Gasteiger partial charge in [0.25, 0.3) is 6.29 Å². The van der Waals surface area contributed by atoms with E-state index in [1.807, 2.05) is 20.8 Å². The van der Waals surface area contributed by atoms with Gasteiger partial charge in [0.05, 0.1) is 36.6 Å². The van der Waals surface area contributed by atoms with Crippen molar-refractivity contribution in [3.8, 4) is 0 Å². The molecule has 7 atom stereocenters. The number of allylic oxidation sites excluding steroid dienone is 2. The average molecular weight is 1050 g/mol. The van der Waals surface area contributed by atoms with Gasteiger partial charge in [0.1, 0.15) is 0 Å². The predicted octanol–water partition coefficient (Wildman–Crippen LogP) is 15.2. The monoisotopic (exact) mass is 1050 g/mol. The molecule has 0 spiro atoms. The summed E-state index contributed by atoms with van der Waals surface area (Å²) >= 11 is 0. The first-order valence-electron chi connectivity index (χ1n) is 30.8. The molecule has 0 aliphatic heterocycles. The van der Waals surface area contributed by atoms with Crippen LogP contribution >= 0.6 is 0 Å². The first kappa shape index (κ1) is 71.7. The summed E-state index contributed by atoms with van der Waals surface area (Å²) in [7, 11) is 0. The Balaban J connectivity index is 4.90. The molecule has 0 bridgehead atoms. The molecule has 0 radical (unpaired) electrons. The Morgan fingerprint density at radius 3 is 1.14 bits per heavy atom. The molecule has 7 unspecified atom stereocenters. The molecule has 0 aromatic rings. The third kappa shape index (κ3) is 44.7. The smallest absolute Gasteiger partial charge is 0.308 e. The van der Waals surface area contributed by atoms with Crippen LogP contribution in [0.1, 0.15) is 286 Å². The molecule has 0 fully saturated rings. The molecule has 0 saturated heterocycles. The van der Waals surface area contributed by atoms with Crippen molar-refractivity contribution in [3.63, 3.8) is 0 Å². The molecule has 12 nitrogen and oxygen atoms in total. The van der Waals surface area contributed by atoms with Crippen LogP contribution < -0.4 is 0 Å². The normalized spacial score (nSPS) is 14.8. The molecule has 74 heavy (non-hydrogen) atoms. The van der Waals surface area contributed by atoms with E-state index in [-0.39, 0.29) is 44.2 Å². The summed E-state index contributed by atoms with van der Waals surface area (Å²) in [4.78, 5) is 38.7. The zero-order valence-corrected chi connectivity index (χ0v) is 48.6. The summed E-state index contributed by atoms with van der Waals surface area (Å²) in [5, 5.41) is 32.1. The van der Waals surface area contributed by atoms with Crippen molar-refractivity contribution in [1.82, 2.24) is 0 Å². The van der Waals surface area contributed by atoms with Crippen molar-refractivity contribution in [2.75, 3.05) is 26.4 Å². The van der Waals surface area contributed by atoms with Crippen LogP contribution in [0.2, 0.25) is 0 Å². The molecule has 436 valence electrons. The zero-order valence-electron chi connectivity index (χ0n) is 48.6. The highest BCUT2D eigenvalue weighted by Crippen LogP contribution is 2.20. The standard InChI is InChI=1S/C62H116O12/c1-7-13-16-18-26-35-43-54(64)57(70-11-5)47-38-29-24-32-40-49-59(66)72-52-62(73-60(67)50-41-31-23-21-20-22-28-37-45-53(63)56(69-10-4)46-34-15-9-3)74-61(68)51-42-33-25-30-39-48-58(71-12-6)55(65)44-36-27-19-17-14-8-2/h27-28,36-37,53-58,62-65H,7-26,29-35,38-52H2,1-6H3/b36-27+,37-28+. The molecular formula is C62H116O12.